The third-order valence-electron chi connectivity index (χ3n) is 1.71. The van der Waals surface area contributed by atoms with Crippen molar-refractivity contribution in [1.82, 2.24) is 0 Å². The summed E-state index contributed by atoms with van der Waals surface area (Å²) in [6, 6.07) is 0. The quantitative estimate of drug-likeness (QED) is 0.293. The fraction of sp³-hybridized carbons (Fsp3) is 0.875. The Morgan fingerprint density at radius 2 is 1.29 bits per heavy atom. The minimum atomic E-state index is -0.811. The summed E-state index contributed by atoms with van der Waals surface area (Å²) >= 11 is 0. The van der Waals surface area contributed by atoms with Gasteiger partial charge in [-0.3, -0.25) is 9.59 Å². The highest BCUT2D eigenvalue weighted by Gasteiger charge is 2.11. The molecule has 0 aromatic heterocycles. The first kappa shape index (κ1) is 25.0. The predicted octanol–water partition coefficient (Wildman–Crippen LogP) is 2.89. The van der Waals surface area contributed by atoms with E-state index in [2.05, 4.69) is 4.74 Å². The highest BCUT2D eigenvalue weighted by molar-refractivity contribution is 5.66. The largest absolute Gasteiger partial charge is 0.481 e. The Morgan fingerprint density at radius 3 is 1.67 bits per heavy atom. The van der Waals surface area contributed by atoms with E-state index in [9.17, 15) is 9.59 Å². The van der Waals surface area contributed by atoms with Crippen molar-refractivity contribution >= 4 is 11.9 Å². The molecule has 0 aliphatic rings. The maximum absolute atomic E-state index is 10.3. The molecule has 0 heterocycles. The summed E-state index contributed by atoms with van der Waals surface area (Å²) in [5, 5.41) is 8.28. The number of carbonyl (C=O) groups is 2. The molecule has 0 spiro atoms. The third-order valence-corrected chi connectivity index (χ3v) is 1.71. The first-order valence-electron chi connectivity index (χ1n) is 7.80. The molecule has 0 fully saturated rings. The number of carbonyl (C=O) groups excluding carboxylic acids is 1. The Kier molecular flexibility index (Phi) is 13.7. The summed E-state index contributed by atoms with van der Waals surface area (Å²) in [5.41, 5.74) is -0.653. The Hall–Kier alpha value is -1.22. The number of carboxylic acids is 1. The van der Waals surface area contributed by atoms with Crippen LogP contribution in [0.1, 0.15) is 61.3 Å². The molecule has 0 unspecified atom stereocenters. The molecule has 24 heavy (non-hydrogen) atoms. The van der Waals surface area contributed by atoms with Gasteiger partial charge < -0.3 is 9.84 Å². The summed E-state index contributed by atoms with van der Waals surface area (Å²) < 4.78 is 4.61. The van der Waals surface area contributed by atoms with E-state index < -0.39 is 5.97 Å². The van der Waals surface area contributed by atoms with Crippen molar-refractivity contribution < 1.29 is 39.0 Å². The molecule has 0 aromatic rings. The smallest absolute Gasteiger partial charge is 0.303 e. The second-order valence-electron chi connectivity index (χ2n) is 6.87. The molecule has 0 amide bonds. The Labute approximate surface area is 144 Å². The lowest BCUT2D eigenvalue weighted by Crippen LogP contribution is -2.21. The summed E-state index contributed by atoms with van der Waals surface area (Å²) in [7, 11) is 0. The second kappa shape index (κ2) is 13.1. The van der Waals surface area contributed by atoms with Gasteiger partial charge in [0.25, 0.3) is 0 Å². The van der Waals surface area contributed by atoms with Gasteiger partial charge in [0.15, 0.2) is 0 Å². The summed E-state index contributed by atoms with van der Waals surface area (Å²) in [5.74, 6) is -1.12. The van der Waals surface area contributed by atoms with Crippen molar-refractivity contribution in [1.29, 1.82) is 0 Å². The molecule has 8 nitrogen and oxygen atoms in total. The van der Waals surface area contributed by atoms with Crippen LogP contribution in [0, 0.1) is 0 Å². The number of esters is 1. The van der Waals surface area contributed by atoms with Crippen LogP contribution in [0.2, 0.25) is 0 Å². The van der Waals surface area contributed by atoms with Crippen LogP contribution in [-0.4, -0.2) is 48.1 Å². The average Bonchev–Trinajstić information content (AvgIpc) is 2.35. The SMILES string of the molecule is CC(=O)OCCOOC(C)(C)C.CC(C)(C)OOCCCC(=O)O. The molecule has 144 valence electrons. The number of aliphatic carboxylic acids is 1. The molecule has 1 N–H and O–H groups in total. The van der Waals surface area contributed by atoms with Crippen molar-refractivity contribution in [2.75, 3.05) is 19.8 Å². The van der Waals surface area contributed by atoms with Crippen molar-refractivity contribution in [2.24, 2.45) is 0 Å². The van der Waals surface area contributed by atoms with Crippen molar-refractivity contribution in [2.45, 2.75) is 72.5 Å². The van der Waals surface area contributed by atoms with E-state index in [0.29, 0.717) is 13.0 Å². The number of hydrogen-bond donors (Lipinski definition) is 1. The standard InChI is InChI=1S/2C8H16O4/c1-7(9)10-5-6-11-12-8(2,3)4;1-8(2,3)12-11-6-4-5-7(9)10/h5-6H2,1-4H3;4-6H2,1-3H3,(H,9,10). The molecule has 0 saturated carbocycles. The van der Waals surface area contributed by atoms with Crippen LogP contribution >= 0.6 is 0 Å². The lowest BCUT2D eigenvalue weighted by molar-refractivity contribution is -0.350. The first-order chi connectivity index (χ1) is 10.8. The zero-order valence-corrected chi connectivity index (χ0v) is 15.8. The van der Waals surface area contributed by atoms with Gasteiger partial charge in [-0.2, -0.15) is 0 Å². The van der Waals surface area contributed by atoms with E-state index in [1.165, 1.54) is 6.92 Å². The topological polar surface area (TPSA) is 101 Å². The minimum absolute atomic E-state index is 0.119. The minimum Gasteiger partial charge on any atom is -0.481 e. The van der Waals surface area contributed by atoms with Gasteiger partial charge in [0, 0.05) is 13.3 Å². The van der Waals surface area contributed by atoms with Gasteiger partial charge in [0.2, 0.25) is 0 Å². The molecule has 0 rings (SSSR count). The van der Waals surface area contributed by atoms with E-state index in [1.54, 1.807) is 0 Å². The lowest BCUT2D eigenvalue weighted by atomic mass is 10.2. The number of hydrogen-bond acceptors (Lipinski definition) is 7. The highest BCUT2D eigenvalue weighted by Crippen LogP contribution is 2.07. The fourth-order valence-electron chi connectivity index (χ4n) is 0.939. The van der Waals surface area contributed by atoms with Crippen LogP contribution in [0.25, 0.3) is 0 Å². The molecule has 0 aliphatic carbocycles. The van der Waals surface area contributed by atoms with Gasteiger partial charge in [0.05, 0.1) is 17.8 Å². The predicted molar refractivity (Wildman–Crippen MR) is 87.1 cm³/mol. The zero-order valence-electron chi connectivity index (χ0n) is 15.8. The first-order valence-corrected chi connectivity index (χ1v) is 7.80. The Morgan fingerprint density at radius 1 is 0.833 bits per heavy atom. The van der Waals surface area contributed by atoms with E-state index in [1.807, 2.05) is 41.5 Å². The molecule has 0 bridgehead atoms. The molecule has 0 aliphatic heterocycles. The molecule has 0 saturated heterocycles. The number of rotatable bonds is 9. The lowest BCUT2D eigenvalue weighted by Gasteiger charge is -2.17. The van der Waals surface area contributed by atoms with E-state index >= 15 is 0 Å². The summed E-state index contributed by atoms with van der Waals surface area (Å²) in [6.07, 6.45) is 0.596. The molecule has 0 radical (unpaired) electrons. The Bertz CT molecular complexity index is 307. The average molecular weight is 352 g/mol. The van der Waals surface area contributed by atoms with Gasteiger partial charge in [-0.05, 0) is 48.0 Å². The van der Waals surface area contributed by atoms with E-state index in [0.717, 1.165) is 0 Å². The molecule has 8 heteroatoms. The van der Waals surface area contributed by atoms with Gasteiger partial charge in [-0.1, -0.05) is 0 Å². The van der Waals surface area contributed by atoms with Crippen LogP contribution in [-0.2, 0) is 33.9 Å². The van der Waals surface area contributed by atoms with Crippen LogP contribution in [0.3, 0.4) is 0 Å². The van der Waals surface area contributed by atoms with Crippen molar-refractivity contribution in [3.8, 4) is 0 Å². The maximum Gasteiger partial charge on any atom is 0.303 e. The van der Waals surface area contributed by atoms with E-state index in [-0.39, 0.29) is 36.8 Å². The normalized spacial score (nSPS) is 11.5. The number of carboxylic acid groups (broad SMARTS) is 1. The van der Waals surface area contributed by atoms with Crippen molar-refractivity contribution in [3.05, 3.63) is 0 Å². The van der Waals surface area contributed by atoms with Crippen molar-refractivity contribution in [3.63, 3.8) is 0 Å². The summed E-state index contributed by atoms with van der Waals surface area (Å²) in [6.45, 7) is 13.4. The molecule has 0 atom stereocenters. The molecular weight excluding hydrogens is 320 g/mol. The monoisotopic (exact) mass is 352 g/mol. The molecular formula is C16H32O8. The van der Waals surface area contributed by atoms with Gasteiger partial charge in [0.1, 0.15) is 13.2 Å². The number of ether oxygens (including phenoxy) is 1. The maximum atomic E-state index is 10.3. The van der Waals surface area contributed by atoms with E-state index in [4.69, 9.17) is 24.7 Å². The van der Waals surface area contributed by atoms with Gasteiger partial charge >= 0.3 is 11.9 Å². The Balaban J connectivity index is 0. The van der Waals surface area contributed by atoms with Crippen LogP contribution in [0.5, 0.6) is 0 Å². The second-order valence-corrected chi connectivity index (χ2v) is 6.87. The van der Waals surface area contributed by atoms with Crippen LogP contribution in [0.15, 0.2) is 0 Å². The molecule has 0 aromatic carbocycles. The van der Waals surface area contributed by atoms with Gasteiger partial charge in [-0.15, -0.1) is 0 Å². The van der Waals surface area contributed by atoms with Gasteiger partial charge in [-0.25, -0.2) is 19.6 Å². The third kappa shape index (κ3) is 28.9. The zero-order chi connectivity index (χ0) is 19.2. The highest BCUT2D eigenvalue weighted by atomic mass is 17.2. The summed E-state index contributed by atoms with van der Waals surface area (Å²) in [4.78, 5) is 39.7. The van der Waals surface area contributed by atoms with Crippen LogP contribution < -0.4 is 0 Å². The fourth-order valence-corrected chi connectivity index (χ4v) is 0.939. The van der Waals surface area contributed by atoms with Crippen LogP contribution in [0.4, 0.5) is 0 Å².